The van der Waals surface area contributed by atoms with Gasteiger partial charge in [0.1, 0.15) is 23.7 Å². The third kappa shape index (κ3) is 5.13. The molecule has 3 unspecified atom stereocenters. The smallest absolute Gasteiger partial charge is 0.333 e. The summed E-state index contributed by atoms with van der Waals surface area (Å²) in [7, 11) is 0. The number of rotatable bonds is 8. The van der Waals surface area contributed by atoms with Crippen molar-refractivity contribution in [2.24, 2.45) is 11.8 Å². The third-order valence-corrected chi connectivity index (χ3v) is 6.91. The largest absolute Gasteiger partial charge is 0.464 e. The lowest BCUT2D eigenvalue weighted by atomic mass is 9.88. The number of nitrogens with zero attached hydrogens (tertiary/aromatic N) is 1. The monoisotopic (exact) mass is 498 g/mol. The van der Waals surface area contributed by atoms with Gasteiger partial charge >= 0.3 is 5.97 Å². The predicted octanol–water partition coefficient (Wildman–Crippen LogP) is 4.12. The third-order valence-electron chi connectivity index (χ3n) is 6.91. The molecule has 0 bridgehead atoms. The molecule has 0 radical (unpaired) electrons. The van der Waals surface area contributed by atoms with Crippen molar-refractivity contribution in [1.29, 1.82) is 0 Å². The maximum atomic E-state index is 15.0. The Kier molecular flexibility index (Phi) is 7.71. The summed E-state index contributed by atoms with van der Waals surface area (Å²) in [5, 5.41) is 2.90. The van der Waals surface area contributed by atoms with Crippen LogP contribution >= 0.6 is 0 Å². The fourth-order valence-electron chi connectivity index (χ4n) is 5.27. The Morgan fingerprint density at radius 2 is 1.78 bits per heavy atom. The maximum absolute atomic E-state index is 15.0. The molecule has 6 nitrogen and oxygen atoms in total. The molecule has 1 aliphatic carbocycles. The fraction of sp³-hybridized carbons (Fsp3) is 0.464. The number of carbonyl (C=O) groups is 3. The summed E-state index contributed by atoms with van der Waals surface area (Å²) < 4.78 is 34.2. The number of ether oxygens (including phenoxy) is 1. The predicted molar refractivity (Wildman–Crippen MR) is 130 cm³/mol. The fourth-order valence-corrected chi connectivity index (χ4v) is 5.27. The molecule has 0 saturated carbocycles. The molecular weight excluding hydrogens is 466 g/mol. The van der Waals surface area contributed by atoms with Crippen molar-refractivity contribution in [2.45, 2.75) is 64.6 Å². The number of nitrogens with one attached hydrogen (secondary N) is 1. The van der Waals surface area contributed by atoms with Crippen molar-refractivity contribution in [2.75, 3.05) is 6.61 Å². The van der Waals surface area contributed by atoms with Gasteiger partial charge in [0.15, 0.2) is 6.04 Å². The van der Waals surface area contributed by atoms with E-state index >= 15 is 4.39 Å². The molecule has 1 heterocycles. The molecule has 3 atom stereocenters. The van der Waals surface area contributed by atoms with E-state index in [9.17, 15) is 18.8 Å². The molecule has 4 rings (SSSR count). The molecule has 192 valence electrons. The standard InChI is InChI=1S/C28H32F2N2O4/c1-4-11-36-28(35)25(21-10-9-20(29)15-22(21)30)32-23(12-16(2)3)26(33)31-24(27(32)34)19-13-17-7-5-6-8-18(17)14-19/h5-10,15-16,19,23-25H,4,11-14H2,1-3H3,(H,31,33). The second kappa shape index (κ2) is 10.8. The molecule has 1 aliphatic heterocycles. The van der Waals surface area contributed by atoms with Gasteiger partial charge < -0.3 is 15.0 Å². The van der Waals surface area contributed by atoms with Crippen LogP contribution in [0.15, 0.2) is 42.5 Å². The highest BCUT2D eigenvalue weighted by molar-refractivity contribution is 5.99. The normalized spacial score (nSPS) is 20.9. The van der Waals surface area contributed by atoms with E-state index in [1.165, 1.54) is 4.90 Å². The van der Waals surface area contributed by atoms with E-state index in [-0.39, 0.29) is 36.3 Å². The Labute approximate surface area is 210 Å². The van der Waals surface area contributed by atoms with Crippen molar-refractivity contribution in [3.63, 3.8) is 0 Å². The van der Waals surface area contributed by atoms with Gasteiger partial charge in [0.05, 0.1) is 6.61 Å². The molecule has 2 aromatic rings. The quantitative estimate of drug-likeness (QED) is 0.556. The first-order valence-corrected chi connectivity index (χ1v) is 12.5. The Bertz CT molecular complexity index is 1130. The van der Waals surface area contributed by atoms with Crippen LogP contribution in [-0.2, 0) is 32.0 Å². The van der Waals surface area contributed by atoms with Gasteiger partial charge in [0.25, 0.3) is 0 Å². The molecule has 2 amide bonds. The van der Waals surface area contributed by atoms with E-state index in [2.05, 4.69) is 5.32 Å². The van der Waals surface area contributed by atoms with Crippen molar-refractivity contribution in [3.05, 3.63) is 70.8 Å². The molecule has 0 aromatic heterocycles. The van der Waals surface area contributed by atoms with E-state index in [1.54, 1.807) is 0 Å². The van der Waals surface area contributed by atoms with Crippen LogP contribution in [0.5, 0.6) is 0 Å². The Morgan fingerprint density at radius 1 is 1.11 bits per heavy atom. The van der Waals surface area contributed by atoms with Gasteiger partial charge in [-0.3, -0.25) is 9.59 Å². The lowest BCUT2D eigenvalue weighted by Gasteiger charge is -2.44. The van der Waals surface area contributed by atoms with Gasteiger partial charge in [-0.05, 0) is 54.7 Å². The molecule has 1 saturated heterocycles. The Morgan fingerprint density at radius 3 is 2.36 bits per heavy atom. The van der Waals surface area contributed by atoms with Gasteiger partial charge in [-0.2, -0.15) is 0 Å². The molecule has 1 fully saturated rings. The number of hydrogen-bond acceptors (Lipinski definition) is 4. The van der Waals surface area contributed by atoms with E-state index < -0.39 is 41.6 Å². The van der Waals surface area contributed by atoms with Crippen LogP contribution in [-0.4, -0.2) is 41.4 Å². The van der Waals surface area contributed by atoms with E-state index in [4.69, 9.17) is 4.74 Å². The molecule has 2 aliphatic rings. The summed E-state index contributed by atoms with van der Waals surface area (Å²) in [6, 6.07) is 7.35. The van der Waals surface area contributed by atoms with Crippen LogP contribution < -0.4 is 5.32 Å². The number of amides is 2. The molecule has 2 aromatic carbocycles. The molecular formula is C28H32F2N2O4. The first-order chi connectivity index (χ1) is 17.2. The minimum Gasteiger partial charge on any atom is -0.464 e. The highest BCUT2D eigenvalue weighted by Gasteiger charge is 2.50. The van der Waals surface area contributed by atoms with Crippen molar-refractivity contribution >= 4 is 17.8 Å². The number of benzene rings is 2. The zero-order valence-corrected chi connectivity index (χ0v) is 20.8. The van der Waals surface area contributed by atoms with Crippen LogP contribution in [0.1, 0.15) is 56.3 Å². The van der Waals surface area contributed by atoms with E-state index in [0.29, 0.717) is 25.3 Å². The number of carbonyl (C=O) groups excluding carboxylic acids is 3. The summed E-state index contributed by atoms with van der Waals surface area (Å²) in [6.45, 7) is 5.69. The van der Waals surface area contributed by atoms with Gasteiger partial charge in [-0.1, -0.05) is 51.1 Å². The molecule has 8 heteroatoms. The zero-order valence-electron chi connectivity index (χ0n) is 20.8. The summed E-state index contributed by atoms with van der Waals surface area (Å²) in [6.07, 6.45) is 2.00. The number of fused-ring (bicyclic) bond motifs is 1. The van der Waals surface area contributed by atoms with Gasteiger partial charge in [-0.15, -0.1) is 0 Å². The van der Waals surface area contributed by atoms with Crippen LogP contribution in [0, 0.1) is 23.5 Å². The maximum Gasteiger partial charge on any atom is 0.333 e. The summed E-state index contributed by atoms with van der Waals surface area (Å²) in [5.74, 6) is -3.66. The number of hydrogen-bond donors (Lipinski definition) is 1. The summed E-state index contributed by atoms with van der Waals surface area (Å²) in [4.78, 5) is 42.0. The lowest BCUT2D eigenvalue weighted by molar-refractivity contribution is -0.165. The topological polar surface area (TPSA) is 75.7 Å². The SMILES string of the molecule is CCCOC(=O)C(c1ccc(F)cc1F)N1C(=O)C(C2Cc3ccccc3C2)NC(=O)C1CC(C)C. The zero-order chi connectivity index (χ0) is 26.0. The highest BCUT2D eigenvalue weighted by atomic mass is 19.1. The molecule has 1 N–H and O–H groups in total. The number of piperazine rings is 1. The van der Waals surface area contributed by atoms with Crippen molar-refractivity contribution in [3.8, 4) is 0 Å². The first kappa shape index (κ1) is 25.8. The Hall–Kier alpha value is -3.29. The van der Waals surface area contributed by atoms with E-state index in [0.717, 1.165) is 23.3 Å². The van der Waals surface area contributed by atoms with Gasteiger partial charge in [0, 0.05) is 11.6 Å². The number of halogens is 2. The Balaban J connectivity index is 1.76. The van der Waals surface area contributed by atoms with Crippen molar-refractivity contribution < 1.29 is 27.9 Å². The first-order valence-electron chi connectivity index (χ1n) is 12.5. The minimum absolute atomic E-state index is 0.00807. The van der Waals surface area contributed by atoms with Crippen LogP contribution in [0.3, 0.4) is 0 Å². The van der Waals surface area contributed by atoms with Crippen molar-refractivity contribution in [1.82, 2.24) is 10.2 Å². The van der Waals surface area contributed by atoms with Gasteiger partial charge in [0.2, 0.25) is 11.8 Å². The minimum atomic E-state index is -1.51. The number of esters is 1. The van der Waals surface area contributed by atoms with Crippen LogP contribution in [0.25, 0.3) is 0 Å². The van der Waals surface area contributed by atoms with Crippen LogP contribution in [0.2, 0.25) is 0 Å². The second-order valence-electron chi connectivity index (χ2n) is 10.1. The lowest BCUT2D eigenvalue weighted by Crippen LogP contribution is -2.67. The summed E-state index contributed by atoms with van der Waals surface area (Å²) in [5.41, 5.74) is 2.04. The van der Waals surface area contributed by atoms with Gasteiger partial charge in [-0.25, -0.2) is 13.6 Å². The second-order valence-corrected chi connectivity index (χ2v) is 10.1. The summed E-state index contributed by atoms with van der Waals surface area (Å²) >= 11 is 0. The van der Waals surface area contributed by atoms with Crippen LogP contribution in [0.4, 0.5) is 8.78 Å². The molecule has 0 spiro atoms. The molecule has 36 heavy (non-hydrogen) atoms. The average molecular weight is 499 g/mol. The van der Waals surface area contributed by atoms with E-state index in [1.807, 2.05) is 45.0 Å². The average Bonchev–Trinajstić information content (AvgIpc) is 3.26. The highest BCUT2D eigenvalue weighted by Crippen LogP contribution is 2.36.